The fraction of sp³-hybridized carbons (Fsp3) is 0.0833. The number of para-hydroxylation sites is 2. The van der Waals surface area contributed by atoms with Crippen LogP contribution in [0, 0.1) is 0 Å². The number of amides is 1. The molecule has 162 valence electrons. The summed E-state index contributed by atoms with van der Waals surface area (Å²) in [5.41, 5.74) is 3.34. The Morgan fingerprint density at radius 2 is 1.69 bits per heavy atom. The van der Waals surface area contributed by atoms with Crippen molar-refractivity contribution in [1.29, 1.82) is 0 Å². The second kappa shape index (κ2) is 8.78. The zero-order chi connectivity index (χ0) is 22.7. The van der Waals surface area contributed by atoms with Crippen molar-refractivity contribution in [2.45, 2.75) is 11.4 Å². The van der Waals surface area contributed by atoms with E-state index in [9.17, 15) is 13.2 Å². The smallest absolute Gasteiger partial charge is 0.252 e. The van der Waals surface area contributed by atoms with Crippen LogP contribution < -0.4 is 15.2 Å². The van der Waals surface area contributed by atoms with E-state index in [4.69, 9.17) is 14.9 Å². The van der Waals surface area contributed by atoms with Gasteiger partial charge in [-0.3, -0.25) is 4.79 Å². The van der Waals surface area contributed by atoms with Crippen LogP contribution in [0.5, 0.6) is 5.75 Å². The van der Waals surface area contributed by atoms with Crippen molar-refractivity contribution in [3.8, 4) is 17.0 Å². The molecule has 4 rings (SSSR count). The normalized spacial score (nSPS) is 11.3. The molecule has 8 heteroatoms. The van der Waals surface area contributed by atoms with Gasteiger partial charge < -0.3 is 10.1 Å². The fourth-order valence-corrected chi connectivity index (χ4v) is 3.95. The number of methoxy groups -OCH3 is 1. The molecular formula is C24H21N3O4S. The van der Waals surface area contributed by atoms with E-state index in [0.29, 0.717) is 22.5 Å². The highest BCUT2D eigenvalue weighted by Crippen LogP contribution is 2.31. The second-order valence-corrected chi connectivity index (χ2v) is 8.71. The van der Waals surface area contributed by atoms with E-state index in [0.717, 1.165) is 16.5 Å². The summed E-state index contributed by atoms with van der Waals surface area (Å²) < 4.78 is 28.3. The minimum absolute atomic E-state index is 0.0224. The Balaban J connectivity index is 1.66. The maximum Gasteiger partial charge on any atom is 0.252 e. The van der Waals surface area contributed by atoms with Crippen LogP contribution in [0.25, 0.3) is 22.2 Å². The van der Waals surface area contributed by atoms with Crippen LogP contribution in [-0.4, -0.2) is 26.4 Å². The maximum atomic E-state index is 13.1. The summed E-state index contributed by atoms with van der Waals surface area (Å²) in [5, 5.41) is 8.75. The number of sulfonamides is 1. The van der Waals surface area contributed by atoms with Gasteiger partial charge in [0.25, 0.3) is 5.91 Å². The standard InChI is InChI=1S/C24H21N3O4S/c1-31-23-9-5-3-7-19(23)22-14-20(18-6-2-4-8-21(18)27-22)24(28)26-15-16-10-12-17(13-11-16)32(25,29)30/h2-14H,15H2,1H3,(H,26,28)(H2,25,29,30). The Morgan fingerprint density at radius 3 is 2.41 bits per heavy atom. The van der Waals surface area contributed by atoms with E-state index in [1.807, 2.05) is 48.5 Å². The lowest BCUT2D eigenvalue weighted by Crippen LogP contribution is -2.23. The van der Waals surface area contributed by atoms with Crippen molar-refractivity contribution >= 4 is 26.8 Å². The van der Waals surface area contributed by atoms with E-state index in [-0.39, 0.29) is 17.3 Å². The second-order valence-electron chi connectivity index (χ2n) is 7.14. The number of carbonyl (C=O) groups excluding carboxylic acids is 1. The van der Waals surface area contributed by atoms with Crippen molar-refractivity contribution < 1.29 is 17.9 Å². The number of carbonyl (C=O) groups is 1. The molecule has 3 N–H and O–H groups in total. The first-order valence-electron chi connectivity index (χ1n) is 9.80. The van der Waals surface area contributed by atoms with Crippen molar-refractivity contribution in [3.63, 3.8) is 0 Å². The molecule has 0 saturated carbocycles. The number of ether oxygens (including phenoxy) is 1. The molecule has 0 aliphatic carbocycles. The third-order valence-electron chi connectivity index (χ3n) is 5.05. The number of nitrogens with two attached hydrogens (primary N) is 1. The number of hydrogen-bond donors (Lipinski definition) is 2. The first-order chi connectivity index (χ1) is 15.4. The first-order valence-corrected chi connectivity index (χ1v) is 11.3. The van der Waals surface area contributed by atoms with Crippen molar-refractivity contribution in [2.24, 2.45) is 5.14 Å². The highest BCUT2D eigenvalue weighted by Gasteiger charge is 2.16. The summed E-state index contributed by atoms with van der Waals surface area (Å²) in [6.45, 7) is 0.227. The monoisotopic (exact) mass is 447 g/mol. The predicted octanol–water partition coefficient (Wildman–Crippen LogP) is 3.49. The number of primary sulfonamides is 1. The van der Waals surface area contributed by atoms with E-state index in [1.165, 1.54) is 12.1 Å². The van der Waals surface area contributed by atoms with E-state index in [1.54, 1.807) is 25.3 Å². The van der Waals surface area contributed by atoms with Gasteiger partial charge in [0.1, 0.15) is 5.75 Å². The SMILES string of the molecule is COc1ccccc1-c1cc(C(=O)NCc2ccc(S(N)(=O)=O)cc2)c2ccccc2n1. The Bertz CT molecular complexity index is 1400. The number of pyridine rings is 1. The Hall–Kier alpha value is -3.75. The highest BCUT2D eigenvalue weighted by atomic mass is 32.2. The molecule has 0 aliphatic heterocycles. The lowest BCUT2D eigenvalue weighted by Gasteiger charge is -2.12. The quantitative estimate of drug-likeness (QED) is 0.470. The molecule has 1 heterocycles. The zero-order valence-electron chi connectivity index (χ0n) is 17.3. The van der Waals surface area contributed by atoms with Gasteiger partial charge in [0.15, 0.2) is 0 Å². The molecule has 0 spiro atoms. The molecule has 1 amide bonds. The summed E-state index contributed by atoms with van der Waals surface area (Å²) in [5.74, 6) is 0.395. The molecule has 0 saturated heterocycles. The lowest BCUT2D eigenvalue weighted by atomic mass is 10.0. The third-order valence-corrected chi connectivity index (χ3v) is 5.98. The number of benzene rings is 3. The summed E-state index contributed by atoms with van der Waals surface area (Å²) in [6, 6.07) is 22.7. The first kappa shape index (κ1) is 21.5. The molecule has 32 heavy (non-hydrogen) atoms. The Labute approximate surface area is 185 Å². The van der Waals surface area contributed by atoms with Gasteiger partial charge in [-0.1, -0.05) is 42.5 Å². The number of nitrogens with zero attached hydrogens (tertiary/aromatic N) is 1. The van der Waals surface area contributed by atoms with Gasteiger partial charge in [-0.15, -0.1) is 0 Å². The summed E-state index contributed by atoms with van der Waals surface area (Å²) in [6.07, 6.45) is 0. The maximum absolute atomic E-state index is 13.1. The molecule has 4 aromatic rings. The fourth-order valence-electron chi connectivity index (χ4n) is 3.43. The average molecular weight is 448 g/mol. The van der Waals surface area contributed by atoms with Crippen LogP contribution in [0.1, 0.15) is 15.9 Å². The number of fused-ring (bicyclic) bond motifs is 1. The number of hydrogen-bond acceptors (Lipinski definition) is 5. The minimum Gasteiger partial charge on any atom is -0.496 e. The molecular weight excluding hydrogens is 426 g/mol. The van der Waals surface area contributed by atoms with Gasteiger partial charge in [-0.25, -0.2) is 18.5 Å². The van der Waals surface area contributed by atoms with E-state index in [2.05, 4.69) is 5.32 Å². The summed E-state index contributed by atoms with van der Waals surface area (Å²) in [4.78, 5) is 17.9. The van der Waals surface area contributed by atoms with Gasteiger partial charge in [0, 0.05) is 17.5 Å². The van der Waals surface area contributed by atoms with Gasteiger partial charge in [0.05, 0.1) is 28.8 Å². The van der Waals surface area contributed by atoms with E-state index < -0.39 is 10.0 Å². The average Bonchev–Trinajstić information content (AvgIpc) is 2.81. The third kappa shape index (κ3) is 4.46. The molecule has 0 aliphatic rings. The minimum atomic E-state index is -3.76. The van der Waals surface area contributed by atoms with Crippen molar-refractivity contribution in [2.75, 3.05) is 7.11 Å². The van der Waals surface area contributed by atoms with Crippen molar-refractivity contribution in [1.82, 2.24) is 10.3 Å². The highest BCUT2D eigenvalue weighted by molar-refractivity contribution is 7.89. The number of nitrogens with one attached hydrogen (secondary N) is 1. The summed E-state index contributed by atoms with van der Waals surface area (Å²) in [7, 11) is -2.17. The van der Waals surface area contributed by atoms with Crippen LogP contribution in [0.15, 0.2) is 83.8 Å². The Morgan fingerprint density at radius 1 is 1.00 bits per heavy atom. The van der Waals surface area contributed by atoms with Gasteiger partial charge >= 0.3 is 0 Å². The molecule has 0 unspecified atom stereocenters. The van der Waals surface area contributed by atoms with Gasteiger partial charge in [0.2, 0.25) is 10.0 Å². The molecule has 0 radical (unpaired) electrons. The van der Waals surface area contributed by atoms with E-state index >= 15 is 0 Å². The molecule has 0 fully saturated rings. The van der Waals surface area contributed by atoms with Gasteiger partial charge in [-0.2, -0.15) is 0 Å². The summed E-state index contributed by atoms with van der Waals surface area (Å²) >= 11 is 0. The molecule has 1 aromatic heterocycles. The molecule has 0 bridgehead atoms. The topological polar surface area (TPSA) is 111 Å². The zero-order valence-corrected chi connectivity index (χ0v) is 18.1. The Kier molecular flexibility index (Phi) is 5.89. The van der Waals surface area contributed by atoms with Crippen LogP contribution in [0.4, 0.5) is 0 Å². The van der Waals surface area contributed by atoms with Crippen LogP contribution in [0.3, 0.4) is 0 Å². The van der Waals surface area contributed by atoms with Crippen LogP contribution >= 0.6 is 0 Å². The largest absolute Gasteiger partial charge is 0.496 e. The van der Waals surface area contributed by atoms with Crippen LogP contribution in [0.2, 0.25) is 0 Å². The lowest BCUT2D eigenvalue weighted by molar-refractivity contribution is 0.0952. The van der Waals surface area contributed by atoms with Crippen molar-refractivity contribution in [3.05, 3.63) is 90.0 Å². The van der Waals surface area contributed by atoms with Gasteiger partial charge in [-0.05, 0) is 42.0 Å². The molecule has 7 nitrogen and oxygen atoms in total. The number of rotatable bonds is 6. The number of aromatic nitrogens is 1. The van der Waals surface area contributed by atoms with Crippen LogP contribution in [-0.2, 0) is 16.6 Å². The molecule has 3 aromatic carbocycles. The molecule has 0 atom stereocenters. The predicted molar refractivity (Wildman–Crippen MR) is 123 cm³/mol.